The van der Waals surface area contributed by atoms with Gasteiger partial charge in [-0.15, -0.1) is 0 Å². The van der Waals surface area contributed by atoms with Crippen molar-refractivity contribution in [2.75, 3.05) is 6.54 Å². The lowest BCUT2D eigenvalue weighted by molar-refractivity contribution is 0.304. The van der Waals surface area contributed by atoms with Gasteiger partial charge in [-0.1, -0.05) is 17.9 Å². The lowest BCUT2D eigenvalue weighted by Gasteiger charge is -2.08. The lowest BCUT2D eigenvalue weighted by Crippen LogP contribution is -1.99. The monoisotopic (exact) mass is 270 g/mol. The second kappa shape index (κ2) is 6.69. The van der Waals surface area contributed by atoms with Crippen molar-refractivity contribution < 1.29 is 9.13 Å². The minimum absolute atomic E-state index is 0.244. The maximum atomic E-state index is 13.0. The molecule has 0 bridgehead atoms. The van der Waals surface area contributed by atoms with Crippen molar-refractivity contribution >= 4 is 0 Å². The molecule has 0 spiro atoms. The Bertz CT molecular complexity index is 659. The molecular weight excluding hydrogens is 255 g/mol. The molecule has 20 heavy (non-hydrogen) atoms. The van der Waals surface area contributed by atoms with Crippen molar-refractivity contribution in [2.45, 2.75) is 13.5 Å². The van der Waals surface area contributed by atoms with Crippen LogP contribution in [0.5, 0.6) is 5.75 Å². The van der Waals surface area contributed by atoms with Crippen LogP contribution in [-0.4, -0.2) is 11.5 Å². The van der Waals surface area contributed by atoms with Crippen LogP contribution in [0.2, 0.25) is 0 Å². The zero-order valence-corrected chi connectivity index (χ0v) is 11.2. The van der Waals surface area contributed by atoms with Gasteiger partial charge in [0.15, 0.2) is 0 Å². The molecule has 0 saturated carbocycles. The van der Waals surface area contributed by atoms with Gasteiger partial charge in [-0.2, -0.15) is 0 Å². The first kappa shape index (κ1) is 14.0. The molecule has 0 amide bonds. The van der Waals surface area contributed by atoms with Crippen LogP contribution in [-0.2, 0) is 6.61 Å². The maximum absolute atomic E-state index is 13.0. The van der Waals surface area contributed by atoms with Crippen LogP contribution in [0.25, 0.3) is 0 Å². The number of rotatable bonds is 3. The summed E-state index contributed by atoms with van der Waals surface area (Å²) in [7, 11) is 0. The predicted octanol–water partition coefficient (Wildman–Crippen LogP) is 2.42. The van der Waals surface area contributed by atoms with Crippen molar-refractivity contribution in [3.63, 3.8) is 0 Å². The molecule has 1 heterocycles. The third-order valence-electron chi connectivity index (χ3n) is 2.75. The molecular formula is C16H15FN2O. The molecule has 0 aliphatic heterocycles. The quantitative estimate of drug-likeness (QED) is 0.871. The number of nitrogens with zero attached hydrogens (tertiary/aromatic N) is 1. The fourth-order valence-electron chi connectivity index (χ4n) is 1.70. The van der Waals surface area contributed by atoms with Gasteiger partial charge >= 0.3 is 0 Å². The molecule has 0 fully saturated rings. The molecule has 0 atom stereocenters. The number of nitrogens with two attached hydrogens (primary N) is 1. The van der Waals surface area contributed by atoms with Gasteiger partial charge in [0.25, 0.3) is 0 Å². The summed E-state index contributed by atoms with van der Waals surface area (Å²) >= 11 is 0. The normalized spacial score (nSPS) is 9.75. The fraction of sp³-hybridized carbons (Fsp3) is 0.188. The zero-order valence-electron chi connectivity index (χ0n) is 11.2. The minimum atomic E-state index is -0.244. The van der Waals surface area contributed by atoms with Crippen LogP contribution in [0.4, 0.5) is 4.39 Å². The van der Waals surface area contributed by atoms with E-state index in [0.717, 1.165) is 16.7 Å². The Morgan fingerprint density at radius 1 is 1.30 bits per heavy atom. The third kappa shape index (κ3) is 3.81. The van der Waals surface area contributed by atoms with Crippen LogP contribution in [0.15, 0.2) is 36.7 Å². The van der Waals surface area contributed by atoms with Crippen LogP contribution >= 0.6 is 0 Å². The van der Waals surface area contributed by atoms with E-state index in [1.165, 1.54) is 12.1 Å². The predicted molar refractivity (Wildman–Crippen MR) is 75.6 cm³/mol. The fourth-order valence-corrected chi connectivity index (χ4v) is 1.70. The Labute approximate surface area is 117 Å². The average Bonchev–Trinajstić information content (AvgIpc) is 2.45. The molecule has 102 valence electrons. The SMILES string of the molecule is Cc1cc(F)ccc1COc1cncc(C#CCN)c1. The van der Waals surface area contributed by atoms with Gasteiger partial charge < -0.3 is 10.5 Å². The Morgan fingerprint density at radius 2 is 2.15 bits per heavy atom. The van der Waals surface area contributed by atoms with E-state index >= 15 is 0 Å². The topological polar surface area (TPSA) is 48.1 Å². The van der Waals surface area contributed by atoms with Crippen LogP contribution in [0.1, 0.15) is 16.7 Å². The van der Waals surface area contributed by atoms with Gasteiger partial charge in [-0.05, 0) is 36.2 Å². The molecule has 1 aromatic carbocycles. The van der Waals surface area contributed by atoms with Crippen molar-refractivity contribution in [3.8, 4) is 17.6 Å². The molecule has 2 rings (SSSR count). The van der Waals surface area contributed by atoms with Gasteiger partial charge in [-0.25, -0.2) is 4.39 Å². The second-order valence-corrected chi connectivity index (χ2v) is 4.27. The van der Waals surface area contributed by atoms with E-state index in [2.05, 4.69) is 16.8 Å². The average molecular weight is 270 g/mol. The van der Waals surface area contributed by atoms with Crippen molar-refractivity contribution in [1.82, 2.24) is 4.98 Å². The molecule has 0 unspecified atom stereocenters. The Balaban J connectivity index is 2.07. The number of hydrogen-bond donors (Lipinski definition) is 1. The number of aromatic nitrogens is 1. The molecule has 2 N–H and O–H groups in total. The Hall–Kier alpha value is -2.38. The highest BCUT2D eigenvalue weighted by Crippen LogP contribution is 2.15. The molecule has 1 aromatic heterocycles. The highest BCUT2D eigenvalue weighted by atomic mass is 19.1. The largest absolute Gasteiger partial charge is 0.487 e. The molecule has 0 aliphatic carbocycles. The van der Waals surface area contributed by atoms with Gasteiger partial charge in [-0.3, -0.25) is 4.98 Å². The van der Waals surface area contributed by atoms with Crippen LogP contribution < -0.4 is 10.5 Å². The van der Waals surface area contributed by atoms with E-state index < -0.39 is 0 Å². The zero-order chi connectivity index (χ0) is 14.4. The Morgan fingerprint density at radius 3 is 2.90 bits per heavy atom. The molecule has 3 nitrogen and oxygen atoms in total. The number of hydrogen-bond acceptors (Lipinski definition) is 3. The molecule has 0 saturated heterocycles. The van der Waals surface area contributed by atoms with E-state index in [1.807, 2.05) is 6.92 Å². The molecule has 0 aliphatic rings. The summed E-state index contributed by atoms with van der Waals surface area (Å²) in [5, 5.41) is 0. The van der Waals surface area contributed by atoms with Gasteiger partial charge in [0.05, 0.1) is 12.7 Å². The summed E-state index contributed by atoms with van der Waals surface area (Å²) in [6.07, 6.45) is 3.27. The van der Waals surface area contributed by atoms with Gasteiger partial charge in [0, 0.05) is 11.8 Å². The summed E-state index contributed by atoms with van der Waals surface area (Å²) in [6.45, 7) is 2.52. The Kier molecular flexibility index (Phi) is 4.70. The van der Waals surface area contributed by atoms with E-state index in [-0.39, 0.29) is 5.82 Å². The van der Waals surface area contributed by atoms with Crippen molar-refractivity contribution in [2.24, 2.45) is 5.73 Å². The van der Waals surface area contributed by atoms with Gasteiger partial charge in [0.1, 0.15) is 18.2 Å². The highest BCUT2D eigenvalue weighted by Gasteiger charge is 2.02. The summed E-state index contributed by atoms with van der Waals surface area (Å²) in [4.78, 5) is 4.06. The number of benzene rings is 1. The summed E-state index contributed by atoms with van der Waals surface area (Å²) in [6, 6.07) is 6.43. The van der Waals surface area contributed by atoms with Gasteiger partial charge in [0.2, 0.25) is 0 Å². The summed E-state index contributed by atoms with van der Waals surface area (Å²) in [5.41, 5.74) is 7.87. The van der Waals surface area contributed by atoms with E-state index in [4.69, 9.17) is 10.5 Å². The lowest BCUT2D eigenvalue weighted by atomic mass is 10.1. The first-order valence-corrected chi connectivity index (χ1v) is 6.21. The van der Waals surface area contributed by atoms with E-state index in [9.17, 15) is 4.39 Å². The third-order valence-corrected chi connectivity index (χ3v) is 2.75. The van der Waals surface area contributed by atoms with E-state index in [0.29, 0.717) is 18.9 Å². The first-order valence-electron chi connectivity index (χ1n) is 6.21. The van der Waals surface area contributed by atoms with E-state index in [1.54, 1.807) is 24.5 Å². The number of aryl methyl sites for hydroxylation is 1. The number of ether oxygens (including phenoxy) is 1. The second-order valence-electron chi connectivity index (χ2n) is 4.27. The summed E-state index contributed by atoms with van der Waals surface area (Å²) < 4.78 is 18.7. The maximum Gasteiger partial charge on any atom is 0.139 e. The first-order chi connectivity index (χ1) is 9.69. The highest BCUT2D eigenvalue weighted by molar-refractivity contribution is 5.37. The van der Waals surface area contributed by atoms with Crippen LogP contribution in [0, 0.1) is 24.6 Å². The molecule has 0 radical (unpaired) electrons. The van der Waals surface area contributed by atoms with Crippen molar-refractivity contribution in [3.05, 3.63) is 59.2 Å². The number of halogens is 1. The smallest absolute Gasteiger partial charge is 0.139 e. The van der Waals surface area contributed by atoms with Crippen LogP contribution in [0.3, 0.4) is 0 Å². The standard InChI is InChI=1S/C16H15FN2O/c1-12-7-15(17)5-4-14(12)11-20-16-8-13(3-2-6-18)9-19-10-16/h4-5,7-10H,6,11,18H2,1H3. The number of pyridine rings is 1. The minimum Gasteiger partial charge on any atom is -0.487 e. The summed E-state index contributed by atoms with van der Waals surface area (Å²) in [5.74, 6) is 6.04. The molecule has 4 heteroatoms. The van der Waals surface area contributed by atoms with Crippen molar-refractivity contribution in [1.29, 1.82) is 0 Å². The molecule has 2 aromatic rings.